The number of benzene rings is 1. The topological polar surface area (TPSA) is 37.8 Å². The Kier molecular flexibility index (Phi) is 5.48. The first-order valence-electron chi connectivity index (χ1n) is 7.60. The fraction of sp³-hybridized carbons (Fsp3) is 0.529. The third-order valence-electron chi connectivity index (χ3n) is 3.14. The third-order valence-corrected chi connectivity index (χ3v) is 4.13. The number of nitrogens with one attached hydrogen (secondary N) is 1. The number of hydrogen-bond acceptors (Lipinski definition) is 4. The Labute approximate surface area is 131 Å². The quantitative estimate of drug-likeness (QED) is 0.868. The maximum atomic E-state index is 4.44. The highest BCUT2D eigenvalue weighted by atomic mass is 32.1. The van der Waals surface area contributed by atoms with Crippen LogP contribution in [0.1, 0.15) is 55.7 Å². The van der Waals surface area contributed by atoms with Gasteiger partial charge in [-0.3, -0.25) is 0 Å². The van der Waals surface area contributed by atoms with Gasteiger partial charge >= 0.3 is 0 Å². The van der Waals surface area contributed by atoms with E-state index < -0.39 is 0 Å². The summed E-state index contributed by atoms with van der Waals surface area (Å²) in [5, 5.41) is 14.6. The second kappa shape index (κ2) is 7.14. The molecule has 2 aromatic rings. The minimum Gasteiger partial charge on any atom is -0.304 e. The van der Waals surface area contributed by atoms with Crippen molar-refractivity contribution in [2.24, 2.45) is 5.41 Å². The van der Waals surface area contributed by atoms with Crippen molar-refractivity contribution in [2.75, 3.05) is 6.54 Å². The normalized spacial score (nSPS) is 13.3. The molecule has 114 valence electrons. The monoisotopic (exact) mass is 303 g/mol. The average Bonchev–Trinajstić information content (AvgIpc) is 2.86. The summed E-state index contributed by atoms with van der Waals surface area (Å²) in [4.78, 5) is 0. The summed E-state index contributed by atoms with van der Waals surface area (Å²) in [6.45, 7) is 9.86. The van der Waals surface area contributed by atoms with E-state index in [9.17, 15) is 0 Å². The molecule has 1 N–H and O–H groups in total. The summed E-state index contributed by atoms with van der Waals surface area (Å²) in [6.07, 6.45) is 2.08. The Hall–Kier alpha value is -1.26. The molecule has 1 heterocycles. The van der Waals surface area contributed by atoms with E-state index in [1.165, 1.54) is 5.56 Å². The van der Waals surface area contributed by atoms with Crippen molar-refractivity contribution in [3.8, 4) is 0 Å². The van der Waals surface area contributed by atoms with E-state index in [1.807, 2.05) is 6.07 Å². The fourth-order valence-electron chi connectivity index (χ4n) is 2.19. The van der Waals surface area contributed by atoms with Gasteiger partial charge in [-0.2, -0.15) is 0 Å². The molecule has 4 heteroatoms. The minimum absolute atomic E-state index is 0.150. The van der Waals surface area contributed by atoms with Gasteiger partial charge in [0.15, 0.2) is 0 Å². The van der Waals surface area contributed by atoms with E-state index in [-0.39, 0.29) is 11.5 Å². The van der Waals surface area contributed by atoms with Crippen LogP contribution < -0.4 is 5.32 Å². The van der Waals surface area contributed by atoms with Crippen LogP contribution in [0.5, 0.6) is 0 Å². The molecule has 1 aromatic heterocycles. The lowest BCUT2D eigenvalue weighted by atomic mass is 9.93. The van der Waals surface area contributed by atoms with Crippen LogP contribution in [0.3, 0.4) is 0 Å². The molecule has 0 amide bonds. The molecular weight excluding hydrogens is 278 g/mol. The molecule has 1 atom stereocenters. The second-order valence-electron chi connectivity index (χ2n) is 6.57. The van der Waals surface area contributed by atoms with Crippen LogP contribution in [0.15, 0.2) is 30.3 Å². The van der Waals surface area contributed by atoms with Crippen LogP contribution in [0.2, 0.25) is 0 Å². The molecule has 0 spiro atoms. The van der Waals surface area contributed by atoms with E-state index in [1.54, 1.807) is 11.3 Å². The van der Waals surface area contributed by atoms with Crippen molar-refractivity contribution in [2.45, 2.75) is 46.6 Å². The minimum atomic E-state index is 0.150. The zero-order valence-electron chi connectivity index (χ0n) is 13.4. The first-order chi connectivity index (χ1) is 9.99. The van der Waals surface area contributed by atoms with Crippen LogP contribution in [-0.2, 0) is 6.42 Å². The Morgan fingerprint density at radius 1 is 1.14 bits per heavy atom. The van der Waals surface area contributed by atoms with Crippen LogP contribution in [0.25, 0.3) is 0 Å². The summed E-state index contributed by atoms with van der Waals surface area (Å²) in [6, 6.07) is 10.7. The zero-order valence-corrected chi connectivity index (χ0v) is 14.2. The molecular formula is C17H25N3S. The van der Waals surface area contributed by atoms with E-state index in [4.69, 9.17) is 0 Å². The summed E-state index contributed by atoms with van der Waals surface area (Å²) < 4.78 is 0. The predicted octanol–water partition coefficient (Wildman–Crippen LogP) is 4.22. The van der Waals surface area contributed by atoms with Gasteiger partial charge < -0.3 is 5.32 Å². The van der Waals surface area contributed by atoms with Crippen molar-refractivity contribution < 1.29 is 0 Å². The highest BCUT2D eigenvalue weighted by molar-refractivity contribution is 7.11. The van der Waals surface area contributed by atoms with Crippen molar-refractivity contribution in [3.05, 3.63) is 45.9 Å². The summed E-state index contributed by atoms with van der Waals surface area (Å²) in [7, 11) is 0. The SMILES string of the molecule is CCCNC(c1ccccc1)c1nnc(CC(C)(C)C)s1. The first-order valence-corrected chi connectivity index (χ1v) is 8.42. The van der Waals surface area contributed by atoms with Crippen LogP contribution in [0, 0.1) is 5.41 Å². The smallest absolute Gasteiger partial charge is 0.139 e. The number of nitrogens with zero attached hydrogens (tertiary/aromatic N) is 2. The van der Waals surface area contributed by atoms with Crippen molar-refractivity contribution in [3.63, 3.8) is 0 Å². The molecule has 0 aliphatic heterocycles. The molecule has 21 heavy (non-hydrogen) atoms. The average molecular weight is 303 g/mol. The molecule has 0 bridgehead atoms. The van der Waals surface area contributed by atoms with Gasteiger partial charge in [-0.05, 0) is 23.9 Å². The van der Waals surface area contributed by atoms with Crippen molar-refractivity contribution >= 4 is 11.3 Å². The molecule has 0 aliphatic rings. The highest BCUT2D eigenvalue weighted by Gasteiger charge is 2.20. The maximum absolute atomic E-state index is 4.44. The van der Waals surface area contributed by atoms with Gasteiger partial charge in [0.2, 0.25) is 0 Å². The number of hydrogen-bond donors (Lipinski definition) is 1. The van der Waals surface area contributed by atoms with Crippen molar-refractivity contribution in [1.29, 1.82) is 0 Å². The summed E-state index contributed by atoms with van der Waals surface area (Å²) in [5.41, 5.74) is 1.50. The lowest BCUT2D eigenvalue weighted by molar-refractivity contribution is 0.409. The predicted molar refractivity (Wildman–Crippen MR) is 89.6 cm³/mol. The van der Waals surface area contributed by atoms with Crippen molar-refractivity contribution in [1.82, 2.24) is 15.5 Å². The molecule has 0 aliphatic carbocycles. The summed E-state index contributed by atoms with van der Waals surface area (Å²) in [5.74, 6) is 0. The van der Waals surface area contributed by atoms with Gasteiger partial charge in [-0.1, -0.05) is 69.4 Å². The van der Waals surface area contributed by atoms with E-state index in [2.05, 4.69) is 67.5 Å². The molecule has 1 aromatic carbocycles. The zero-order chi connectivity index (χ0) is 15.3. The Bertz CT molecular complexity index is 543. The van der Waals surface area contributed by atoms with E-state index in [0.717, 1.165) is 29.4 Å². The van der Waals surface area contributed by atoms with E-state index in [0.29, 0.717) is 0 Å². The molecule has 0 saturated carbocycles. The third kappa shape index (κ3) is 4.90. The molecule has 0 radical (unpaired) electrons. The van der Waals surface area contributed by atoms with Crippen LogP contribution in [0.4, 0.5) is 0 Å². The number of aromatic nitrogens is 2. The lowest BCUT2D eigenvalue weighted by Gasteiger charge is -2.16. The number of rotatable bonds is 6. The van der Waals surface area contributed by atoms with Gasteiger partial charge in [-0.25, -0.2) is 0 Å². The first kappa shape index (κ1) is 16.1. The molecule has 1 unspecified atom stereocenters. The highest BCUT2D eigenvalue weighted by Crippen LogP contribution is 2.28. The lowest BCUT2D eigenvalue weighted by Crippen LogP contribution is -2.23. The summed E-state index contributed by atoms with van der Waals surface area (Å²) >= 11 is 1.73. The van der Waals surface area contributed by atoms with Crippen LogP contribution in [-0.4, -0.2) is 16.7 Å². The fourth-order valence-corrected chi connectivity index (χ4v) is 3.44. The largest absolute Gasteiger partial charge is 0.304 e. The maximum Gasteiger partial charge on any atom is 0.139 e. The molecule has 3 nitrogen and oxygen atoms in total. The molecule has 0 saturated heterocycles. The van der Waals surface area contributed by atoms with Gasteiger partial charge in [0.1, 0.15) is 10.0 Å². The molecule has 2 rings (SSSR count). The van der Waals surface area contributed by atoms with Gasteiger partial charge in [0, 0.05) is 6.42 Å². The molecule has 0 fully saturated rings. The van der Waals surface area contributed by atoms with Gasteiger partial charge in [0.05, 0.1) is 6.04 Å². The van der Waals surface area contributed by atoms with Gasteiger partial charge in [0.25, 0.3) is 0 Å². The van der Waals surface area contributed by atoms with Gasteiger partial charge in [-0.15, -0.1) is 10.2 Å². The van der Waals surface area contributed by atoms with Crippen LogP contribution >= 0.6 is 11.3 Å². The Morgan fingerprint density at radius 3 is 2.48 bits per heavy atom. The Morgan fingerprint density at radius 2 is 1.86 bits per heavy atom. The second-order valence-corrected chi connectivity index (χ2v) is 7.66. The Balaban J connectivity index is 2.21. The standard InChI is InChI=1S/C17H25N3S/c1-5-11-18-15(13-9-7-6-8-10-13)16-20-19-14(21-16)12-17(2,3)4/h6-10,15,18H,5,11-12H2,1-4H3. The van der Waals surface area contributed by atoms with E-state index >= 15 is 0 Å².